The molecule has 2 heterocycles. The number of benzene rings is 1. The third-order valence-corrected chi connectivity index (χ3v) is 7.36. The van der Waals surface area contributed by atoms with E-state index in [4.69, 9.17) is 38.9 Å². The number of aromatic amines is 1. The average molecular weight is 691 g/mol. The molecule has 1 aliphatic heterocycles. The lowest BCUT2D eigenvalue weighted by Crippen LogP contribution is -2.63. The van der Waals surface area contributed by atoms with E-state index in [1.807, 2.05) is 39.0 Å². The maximum Gasteiger partial charge on any atom is 0.303 e. The van der Waals surface area contributed by atoms with Crippen LogP contribution in [0.1, 0.15) is 76.3 Å². The minimum atomic E-state index is -1.43. The van der Waals surface area contributed by atoms with Gasteiger partial charge in [0.05, 0.1) is 13.2 Å². The van der Waals surface area contributed by atoms with Gasteiger partial charge in [-0.3, -0.25) is 29.1 Å². The van der Waals surface area contributed by atoms with Gasteiger partial charge in [0.1, 0.15) is 18.5 Å². The Hall–Kier alpha value is -4.70. The Morgan fingerprint density at radius 2 is 1.61 bits per heavy atom. The number of carbonyl (C=O) groups is 5. The lowest BCUT2D eigenvalue weighted by molar-refractivity contribution is -0.289. The fourth-order valence-electron chi connectivity index (χ4n) is 5.25. The van der Waals surface area contributed by atoms with Gasteiger partial charge in [-0.05, 0) is 49.1 Å². The Labute approximate surface area is 284 Å². The van der Waals surface area contributed by atoms with Gasteiger partial charge < -0.3 is 44.2 Å². The summed E-state index contributed by atoms with van der Waals surface area (Å²) in [5.74, 6) is -2.47. The number of hydrogen-bond donors (Lipinski definition) is 3. The Kier molecular flexibility index (Phi) is 14.4. The van der Waals surface area contributed by atoms with Crippen LogP contribution in [0.2, 0.25) is 0 Å². The minimum absolute atomic E-state index is 0.00124. The summed E-state index contributed by atoms with van der Waals surface area (Å²) < 4.78 is 40.0. The van der Waals surface area contributed by atoms with E-state index in [0.29, 0.717) is 37.3 Å². The van der Waals surface area contributed by atoms with Crippen molar-refractivity contribution in [3.05, 3.63) is 40.6 Å². The number of rotatable bonds is 17. The summed E-state index contributed by atoms with van der Waals surface area (Å²) >= 11 is 0. The van der Waals surface area contributed by atoms with E-state index in [1.165, 1.54) is 6.92 Å². The van der Waals surface area contributed by atoms with Gasteiger partial charge in [0.25, 0.3) is 0 Å². The number of esters is 4. The van der Waals surface area contributed by atoms with Crippen molar-refractivity contribution >= 4 is 29.8 Å². The Bertz CT molecular complexity index is 1480. The van der Waals surface area contributed by atoms with Gasteiger partial charge in [0.15, 0.2) is 12.2 Å². The summed E-state index contributed by atoms with van der Waals surface area (Å²) in [6, 6.07) is 5.71. The number of carbonyl (C=O) groups excluding carboxylic acids is 5. The molecule has 0 unspecified atom stereocenters. The van der Waals surface area contributed by atoms with Crippen LogP contribution in [0.5, 0.6) is 11.6 Å². The molecule has 1 amide bonds. The zero-order valence-corrected chi connectivity index (χ0v) is 28.9. The minimum Gasteiger partial charge on any atom is -0.494 e. The second-order valence-corrected chi connectivity index (χ2v) is 11.9. The van der Waals surface area contributed by atoms with Gasteiger partial charge in [0.2, 0.25) is 24.2 Å². The first kappa shape index (κ1) is 38.7. The summed E-state index contributed by atoms with van der Waals surface area (Å²) in [6.07, 6.45) is -5.65. The third-order valence-electron chi connectivity index (χ3n) is 7.36. The standard InChI is InChI=1S/C33H46N4O12/c1-17(2)28-25(14-23-9-10-24(13-18(23)3)43-12-8-11-35-15-27(34)42)32(37-36-28)49-33-31(47-22(7)41)30(46-21(6)40)29(45-20(5)39)26(48-33)16-44-19(4)38/h9-10,13,17,26,29-31,33,35H,8,11-12,14-16H2,1-7H3,(H2,34,42)(H,36,37)/t26-,29-,30+,31-,33+/m1/s1. The van der Waals surface area contributed by atoms with Gasteiger partial charge in [-0.1, -0.05) is 19.9 Å². The average Bonchev–Trinajstić information content (AvgIpc) is 3.39. The number of H-pyrrole nitrogens is 1. The molecule has 2 aromatic rings. The molecule has 49 heavy (non-hydrogen) atoms. The molecule has 270 valence electrons. The van der Waals surface area contributed by atoms with Gasteiger partial charge in [0, 0.05) is 45.4 Å². The molecule has 0 spiro atoms. The fraction of sp³-hybridized carbons (Fsp3) is 0.576. The number of primary amides is 1. The summed E-state index contributed by atoms with van der Waals surface area (Å²) in [5.41, 5.74) is 8.50. The molecule has 1 aromatic carbocycles. The van der Waals surface area contributed by atoms with E-state index in [9.17, 15) is 24.0 Å². The van der Waals surface area contributed by atoms with Crippen LogP contribution in [0.3, 0.4) is 0 Å². The fourth-order valence-corrected chi connectivity index (χ4v) is 5.25. The van der Waals surface area contributed by atoms with Crippen molar-refractivity contribution in [2.45, 2.75) is 97.9 Å². The smallest absolute Gasteiger partial charge is 0.303 e. The molecule has 4 N–H and O–H groups in total. The number of ether oxygens (including phenoxy) is 7. The van der Waals surface area contributed by atoms with Crippen molar-refractivity contribution < 1.29 is 57.1 Å². The van der Waals surface area contributed by atoms with Crippen LogP contribution in [0, 0.1) is 6.92 Å². The van der Waals surface area contributed by atoms with Gasteiger partial charge in [-0.25, -0.2) is 0 Å². The zero-order valence-electron chi connectivity index (χ0n) is 28.9. The van der Waals surface area contributed by atoms with Crippen molar-refractivity contribution in [2.75, 3.05) is 26.3 Å². The molecule has 1 fully saturated rings. The quantitative estimate of drug-likeness (QED) is 0.122. The third kappa shape index (κ3) is 11.7. The van der Waals surface area contributed by atoms with Gasteiger partial charge in [-0.15, -0.1) is 5.10 Å². The van der Waals surface area contributed by atoms with Crippen LogP contribution in [0.4, 0.5) is 0 Å². The van der Waals surface area contributed by atoms with E-state index in [0.717, 1.165) is 37.6 Å². The lowest BCUT2D eigenvalue weighted by atomic mass is 9.96. The van der Waals surface area contributed by atoms with Crippen molar-refractivity contribution in [2.24, 2.45) is 5.73 Å². The van der Waals surface area contributed by atoms with Crippen molar-refractivity contribution in [3.63, 3.8) is 0 Å². The summed E-state index contributed by atoms with van der Waals surface area (Å²) in [7, 11) is 0. The number of amides is 1. The highest BCUT2D eigenvalue weighted by Crippen LogP contribution is 2.34. The van der Waals surface area contributed by atoms with Crippen LogP contribution < -0.4 is 20.5 Å². The number of aryl methyl sites for hydroxylation is 1. The molecular formula is C33H46N4O12. The SMILES string of the molecule is CC(=O)OC[C@H]1O[C@@H](Oc2n[nH]c(C(C)C)c2Cc2ccc(OCCCNCC(N)=O)cc2C)[C@H](OC(C)=O)[C@@H](OC(C)=O)[C@@H]1OC(C)=O. The summed E-state index contributed by atoms with van der Waals surface area (Å²) in [6.45, 7) is 11.3. The van der Waals surface area contributed by atoms with E-state index in [-0.39, 0.29) is 24.9 Å². The van der Waals surface area contributed by atoms with E-state index < -0.39 is 60.5 Å². The first-order valence-electron chi connectivity index (χ1n) is 15.9. The van der Waals surface area contributed by atoms with Crippen LogP contribution in [0.15, 0.2) is 18.2 Å². The lowest BCUT2D eigenvalue weighted by Gasteiger charge is -2.43. The highest BCUT2D eigenvalue weighted by molar-refractivity contribution is 5.75. The monoisotopic (exact) mass is 690 g/mol. The number of hydrogen-bond acceptors (Lipinski definition) is 14. The second-order valence-electron chi connectivity index (χ2n) is 11.9. The largest absolute Gasteiger partial charge is 0.494 e. The highest BCUT2D eigenvalue weighted by Gasteiger charge is 2.53. The topological polar surface area (TPSA) is 217 Å². The Morgan fingerprint density at radius 1 is 0.959 bits per heavy atom. The molecule has 16 heteroatoms. The van der Waals surface area contributed by atoms with Gasteiger partial charge >= 0.3 is 23.9 Å². The second kappa shape index (κ2) is 18.2. The number of aromatic nitrogens is 2. The van der Waals surface area contributed by atoms with E-state index in [2.05, 4.69) is 15.5 Å². The van der Waals surface area contributed by atoms with Crippen LogP contribution >= 0.6 is 0 Å². The highest BCUT2D eigenvalue weighted by atomic mass is 16.7. The number of nitrogens with two attached hydrogens (primary N) is 1. The molecule has 1 aliphatic rings. The van der Waals surface area contributed by atoms with Crippen molar-refractivity contribution in [1.82, 2.24) is 15.5 Å². The predicted octanol–water partition coefficient (Wildman–Crippen LogP) is 1.74. The molecule has 0 bridgehead atoms. The first-order chi connectivity index (χ1) is 23.2. The summed E-state index contributed by atoms with van der Waals surface area (Å²) in [5, 5.41) is 10.4. The van der Waals surface area contributed by atoms with E-state index in [1.54, 1.807) is 0 Å². The zero-order chi connectivity index (χ0) is 36.2. The Balaban J connectivity index is 1.91. The molecule has 0 saturated carbocycles. The van der Waals surface area contributed by atoms with Crippen LogP contribution in [-0.4, -0.2) is 97.0 Å². The first-order valence-corrected chi connectivity index (χ1v) is 15.9. The van der Waals surface area contributed by atoms with E-state index >= 15 is 0 Å². The van der Waals surface area contributed by atoms with Crippen molar-refractivity contribution in [1.29, 1.82) is 0 Å². The molecule has 0 radical (unpaired) electrons. The Morgan fingerprint density at radius 3 is 2.20 bits per heavy atom. The molecule has 1 aromatic heterocycles. The van der Waals surface area contributed by atoms with Crippen LogP contribution in [-0.2, 0) is 54.1 Å². The molecule has 16 nitrogen and oxygen atoms in total. The molecule has 0 aliphatic carbocycles. The number of nitrogens with zero attached hydrogens (tertiary/aromatic N) is 1. The van der Waals surface area contributed by atoms with Gasteiger partial charge in [-0.2, -0.15) is 0 Å². The summed E-state index contributed by atoms with van der Waals surface area (Å²) in [4.78, 5) is 59.1. The molecule has 3 rings (SSSR count). The predicted molar refractivity (Wildman–Crippen MR) is 171 cm³/mol. The van der Waals surface area contributed by atoms with Crippen molar-refractivity contribution in [3.8, 4) is 11.6 Å². The normalized spacial score (nSPS) is 20.3. The number of nitrogens with one attached hydrogen (secondary N) is 2. The molecule has 1 saturated heterocycles. The van der Waals surface area contributed by atoms with Crippen LogP contribution in [0.25, 0.3) is 0 Å². The molecular weight excluding hydrogens is 644 g/mol. The molecule has 5 atom stereocenters. The maximum atomic E-state index is 12.3. The maximum absolute atomic E-state index is 12.3.